The quantitative estimate of drug-likeness (QED) is 0.681. The van der Waals surface area contributed by atoms with Crippen molar-refractivity contribution in [3.05, 3.63) is 41.7 Å². The molecule has 0 aliphatic heterocycles. The van der Waals surface area contributed by atoms with Crippen LogP contribution in [-0.4, -0.2) is 53.8 Å². The maximum Gasteiger partial charge on any atom is 0.272 e. The van der Waals surface area contributed by atoms with Crippen LogP contribution in [0.2, 0.25) is 0 Å². The van der Waals surface area contributed by atoms with Crippen LogP contribution >= 0.6 is 0 Å². The SMILES string of the molecule is CC(C)c1cc(C(=O)N(C)CCCc2cnn(C)c2)nc2ncnn12. The lowest BCUT2D eigenvalue weighted by Gasteiger charge is -2.17. The highest BCUT2D eigenvalue weighted by Crippen LogP contribution is 2.16. The number of carbonyl (C=O) groups excluding carboxylic acids is 1. The van der Waals surface area contributed by atoms with E-state index in [9.17, 15) is 4.79 Å². The second kappa shape index (κ2) is 7.00. The first kappa shape index (κ1) is 17.1. The predicted octanol–water partition coefficient (Wildman–Crippen LogP) is 1.69. The van der Waals surface area contributed by atoms with E-state index < -0.39 is 0 Å². The average molecular weight is 341 g/mol. The third-order valence-electron chi connectivity index (χ3n) is 4.15. The summed E-state index contributed by atoms with van der Waals surface area (Å²) in [4.78, 5) is 22.9. The smallest absolute Gasteiger partial charge is 0.272 e. The Bertz CT molecular complexity index is 880. The molecule has 0 unspecified atom stereocenters. The lowest BCUT2D eigenvalue weighted by atomic mass is 10.1. The van der Waals surface area contributed by atoms with Crippen molar-refractivity contribution < 1.29 is 4.79 Å². The van der Waals surface area contributed by atoms with Gasteiger partial charge in [0.1, 0.15) is 12.0 Å². The van der Waals surface area contributed by atoms with Gasteiger partial charge in [0.2, 0.25) is 0 Å². The summed E-state index contributed by atoms with van der Waals surface area (Å²) in [5.74, 6) is 0.575. The highest BCUT2D eigenvalue weighted by Gasteiger charge is 2.18. The molecule has 0 bridgehead atoms. The summed E-state index contributed by atoms with van der Waals surface area (Å²) < 4.78 is 3.47. The highest BCUT2D eigenvalue weighted by atomic mass is 16.2. The van der Waals surface area contributed by atoms with E-state index in [1.54, 1.807) is 21.1 Å². The van der Waals surface area contributed by atoms with E-state index in [0.29, 0.717) is 18.0 Å². The van der Waals surface area contributed by atoms with Crippen LogP contribution < -0.4 is 0 Å². The molecule has 0 aromatic carbocycles. The monoisotopic (exact) mass is 341 g/mol. The lowest BCUT2D eigenvalue weighted by Crippen LogP contribution is -2.29. The Labute approximate surface area is 146 Å². The zero-order valence-electron chi connectivity index (χ0n) is 15.0. The summed E-state index contributed by atoms with van der Waals surface area (Å²) in [6.45, 7) is 4.77. The number of fused-ring (bicyclic) bond motifs is 1. The summed E-state index contributed by atoms with van der Waals surface area (Å²) in [6.07, 6.45) is 7.08. The minimum absolute atomic E-state index is 0.0985. The first-order valence-electron chi connectivity index (χ1n) is 8.39. The molecule has 3 aromatic rings. The van der Waals surface area contributed by atoms with Gasteiger partial charge in [-0.25, -0.2) is 9.50 Å². The highest BCUT2D eigenvalue weighted by molar-refractivity contribution is 5.92. The molecule has 0 N–H and O–H groups in total. The first-order valence-corrected chi connectivity index (χ1v) is 8.39. The topological polar surface area (TPSA) is 81.2 Å². The molecule has 0 fully saturated rings. The van der Waals surface area contributed by atoms with Crippen LogP contribution in [0.15, 0.2) is 24.8 Å². The molecule has 25 heavy (non-hydrogen) atoms. The van der Waals surface area contributed by atoms with Gasteiger partial charge in [0, 0.05) is 26.8 Å². The molecule has 8 heteroatoms. The van der Waals surface area contributed by atoms with Crippen molar-refractivity contribution in [1.29, 1.82) is 0 Å². The van der Waals surface area contributed by atoms with Crippen molar-refractivity contribution in [2.75, 3.05) is 13.6 Å². The van der Waals surface area contributed by atoms with Crippen molar-refractivity contribution in [2.45, 2.75) is 32.6 Å². The predicted molar refractivity (Wildman–Crippen MR) is 93.4 cm³/mol. The molecule has 0 saturated heterocycles. The van der Waals surface area contributed by atoms with Crippen LogP contribution in [0.3, 0.4) is 0 Å². The molecule has 0 spiro atoms. The minimum Gasteiger partial charge on any atom is -0.340 e. The fourth-order valence-corrected chi connectivity index (χ4v) is 2.77. The number of nitrogens with zero attached hydrogens (tertiary/aromatic N) is 7. The molecule has 3 aromatic heterocycles. The Morgan fingerprint density at radius 2 is 2.12 bits per heavy atom. The van der Waals surface area contributed by atoms with Crippen LogP contribution in [0.4, 0.5) is 0 Å². The molecular formula is C17H23N7O. The molecule has 0 radical (unpaired) electrons. The van der Waals surface area contributed by atoms with E-state index in [1.807, 2.05) is 25.5 Å². The van der Waals surface area contributed by atoms with E-state index in [0.717, 1.165) is 18.5 Å². The number of amides is 1. The van der Waals surface area contributed by atoms with Gasteiger partial charge < -0.3 is 4.90 Å². The van der Waals surface area contributed by atoms with Crippen molar-refractivity contribution in [2.24, 2.45) is 7.05 Å². The van der Waals surface area contributed by atoms with Gasteiger partial charge in [0.15, 0.2) is 0 Å². The Hall–Kier alpha value is -2.77. The van der Waals surface area contributed by atoms with Crippen molar-refractivity contribution in [3.8, 4) is 0 Å². The molecule has 0 aliphatic rings. The Kier molecular flexibility index (Phi) is 4.78. The largest absolute Gasteiger partial charge is 0.340 e. The van der Waals surface area contributed by atoms with Gasteiger partial charge in [0.25, 0.3) is 11.7 Å². The number of aromatic nitrogens is 6. The van der Waals surface area contributed by atoms with Crippen LogP contribution in [0.25, 0.3) is 5.78 Å². The standard InChI is InChI=1S/C17H23N7O/c1-12(2)15-8-14(21-17-18-11-20-24(15)17)16(25)22(3)7-5-6-13-9-19-23(4)10-13/h8-12H,5-7H2,1-4H3. The molecule has 8 nitrogen and oxygen atoms in total. The summed E-state index contributed by atoms with van der Waals surface area (Å²) in [5.41, 5.74) is 2.51. The van der Waals surface area contributed by atoms with Gasteiger partial charge >= 0.3 is 0 Å². The van der Waals surface area contributed by atoms with Gasteiger partial charge in [-0.15, -0.1) is 0 Å². The van der Waals surface area contributed by atoms with Gasteiger partial charge in [-0.05, 0) is 30.4 Å². The second-order valence-electron chi connectivity index (χ2n) is 6.55. The summed E-state index contributed by atoms with van der Waals surface area (Å²) in [6, 6.07) is 1.81. The normalized spacial score (nSPS) is 11.4. The van der Waals surface area contributed by atoms with E-state index in [4.69, 9.17) is 0 Å². The van der Waals surface area contributed by atoms with Crippen LogP contribution in [-0.2, 0) is 13.5 Å². The molecule has 3 heterocycles. The van der Waals surface area contributed by atoms with E-state index in [-0.39, 0.29) is 11.8 Å². The number of aryl methyl sites for hydroxylation is 2. The maximum absolute atomic E-state index is 12.7. The minimum atomic E-state index is -0.0985. The molecule has 3 rings (SSSR count). The molecular weight excluding hydrogens is 318 g/mol. The number of hydrogen-bond donors (Lipinski definition) is 0. The summed E-state index contributed by atoms with van der Waals surface area (Å²) in [7, 11) is 3.70. The number of carbonyl (C=O) groups is 1. The van der Waals surface area contributed by atoms with E-state index in [2.05, 4.69) is 34.0 Å². The third-order valence-corrected chi connectivity index (χ3v) is 4.15. The molecule has 0 saturated carbocycles. The fourth-order valence-electron chi connectivity index (χ4n) is 2.77. The van der Waals surface area contributed by atoms with Crippen LogP contribution in [0.1, 0.15) is 47.9 Å². The van der Waals surface area contributed by atoms with Gasteiger partial charge in [-0.3, -0.25) is 9.48 Å². The van der Waals surface area contributed by atoms with E-state index >= 15 is 0 Å². The average Bonchev–Trinajstić information content (AvgIpc) is 3.21. The Balaban J connectivity index is 1.70. The van der Waals surface area contributed by atoms with Crippen molar-refractivity contribution >= 4 is 11.7 Å². The molecule has 0 atom stereocenters. The Morgan fingerprint density at radius 1 is 1.32 bits per heavy atom. The van der Waals surface area contributed by atoms with Crippen molar-refractivity contribution in [1.82, 2.24) is 34.3 Å². The number of hydrogen-bond acceptors (Lipinski definition) is 5. The fraction of sp³-hybridized carbons (Fsp3) is 0.471. The summed E-state index contributed by atoms with van der Waals surface area (Å²) >= 11 is 0. The van der Waals surface area contributed by atoms with Gasteiger partial charge in [-0.1, -0.05) is 13.8 Å². The van der Waals surface area contributed by atoms with Crippen molar-refractivity contribution in [3.63, 3.8) is 0 Å². The van der Waals surface area contributed by atoms with E-state index in [1.165, 1.54) is 11.9 Å². The van der Waals surface area contributed by atoms with Crippen LogP contribution in [0, 0.1) is 0 Å². The Morgan fingerprint density at radius 3 is 2.80 bits per heavy atom. The second-order valence-corrected chi connectivity index (χ2v) is 6.55. The van der Waals surface area contributed by atoms with Crippen LogP contribution in [0.5, 0.6) is 0 Å². The third kappa shape index (κ3) is 3.67. The summed E-state index contributed by atoms with van der Waals surface area (Å²) in [5, 5.41) is 8.34. The maximum atomic E-state index is 12.7. The first-order chi connectivity index (χ1) is 12.0. The zero-order chi connectivity index (χ0) is 18.0. The molecule has 132 valence electrons. The molecule has 0 aliphatic carbocycles. The number of rotatable bonds is 6. The lowest BCUT2D eigenvalue weighted by molar-refractivity contribution is 0.0787. The molecule has 1 amide bonds. The van der Waals surface area contributed by atoms with Gasteiger partial charge in [0.05, 0.1) is 11.9 Å². The van der Waals surface area contributed by atoms with Gasteiger partial charge in [-0.2, -0.15) is 15.2 Å². The zero-order valence-corrected chi connectivity index (χ0v) is 15.0.